The zero-order valence-corrected chi connectivity index (χ0v) is 17.1. The summed E-state index contributed by atoms with van der Waals surface area (Å²) in [6, 6.07) is 5.23. The number of carbonyl (C=O) groups is 1. The molecule has 1 saturated carbocycles. The van der Waals surface area contributed by atoms with Crippen molar-refractivity contribution in [2.45, 2.75) is 37.8 Å². The lowest BCUT2D eigenvalue weighted by Crippen LogP contribution is -2.48. The smallest absolute Gasteiger partial charge is 0.259 e. The highest BCUT2D eigenvalue weighted by Crippen LogP contribution is 2.39. The number of nitrogens with zero attached hydrogens (tertiary/aromatic N) is 2. The van der Waals surface area contributed by atoms with Crippen molar-refractivity contribution in [3.8, 4) is 0 Å². The lowest BCUT2D eigenvalue weighted by Gasteiger charge is -2.40. The number of amides is 1. The summed E-state index contributed by atoms with van der Waals surface area (Å²) in [5.41, 5.74) is 0.547. The van der Waals surface area contributed by atoms with Crippen molar-refractivity contribution >= 4 is 28.4 Å². The summed E-state index contributed by atoms with van der Waals surface area (Å²) < 4.78 is 0. The van der Waals surface area contributed by atoms with Crippen molar-refractivity contribution < 1.29 is 9.90 Å². The summed E-state index contributed by atoms with van der Waals surface area (Å²) in [6.45, 7) is 3.42. The number of rotatable bonds is 2. The van der Waals surface area contributed by atoms with E-state index in [1.807, 2.05) is 0 Å². The molecule has 0 unspecified atom stereocenters. The van der Waals surface area contributed by atoms with E-state index in [1.54, 1.807) is 23.1 Å². The molecule has 2 aliphatic heterocycles. The Morgan fingerprint density at radius 1 is 1.14 bits per heavy atom. The normalized spacial score (nSPS) is 30.1. The molecule has 5 rings (SSSR count). The van der Waals surface area contributed by atoms with Crippen LogP contribution in [0.2, 0.25) is 5.02 Å². The van der Waals surface area contributed by atoms with Crippen LogP contribution in [0.3, 0.4) is 0 Å². The fourth-order valence-electron chi connectivity index (χ4n) is 5.56. The first kappa shape index (κ1) is 19.1. The molecule has 0 bridgehead atoms. The van der Waals surface area contributed by atoms with Crippen LogP contribution < -0.4 is 5.43 Å². The number of hydrogen-bond acceptors (Lipinski definition) is 4. The Labute approximate surface area is 174 Å². The number of benzene rings is 1. The van der Waals surface area contributed by atoms with Crippen molar-refractivity contribution in [1.29, 1.82) is 0 Å². The molecule has 4 atom stereocenters. The first-order chi connectivity index (χ1) is 14.0. The Morgan fingerprint density at radius 2 is 1.86 bits per heavy atom. The van der Waals surface area contributed by atoms with Gasteiger partial charge in [0.2, 0.25) is 5.43 Å². The van der Waals surface area contributed by atoms with Crippen molar-refractivity contribution in [2.24, 2.45) is 11.8 Å². The van der Waals surface area contributed by atoms with Crippen LogP contribution in [0.1, 0.15) is 36.0 Å². The van der Waals surface area contributed by atoms with E-state index in [4.69, 9.17) is 11.6 Å². The average Bonchev–Trinajstić information content (AvgIpc) is 3.36. The van der Waals surface area contributed by atoms with E-state index in [1.165, 1.54) is 19.0 Å². The summed E-state index contributed by atoms with van der Waals surface area (Å²) in [7, 11) is 0. The van der Waals surface area contributed by atoms with Gasteiger partial charge in [0.1, 0.15) is 5.56 Å². The van der Waals surface area contributed by atoms with Crippen molar-refractivity contribution in [1.82, 2.24) is 14.8 Å². The highest BCUT2D eigenvalue weighted by molar-refractivity contribution is 6.31. The van der Waals surface area contributed by atoms with Crippen LogP contribution >= 0.6 is 11.6 Å². The monoisotopic (exact) mass is 415 g/mol. The van der Waals surface area contributed by atoms with Gasteiger partial charge in [-0.05, 0) is 68.8 Å². The van der Waals surface area contributed by atoms with Gasteiger partial charge in [0.15, 0.2) is 0 Å². The van der Waals surface area contributed by atoms with Gasteiger partial charge in [0, 0.05) is 35.7 Å². The van der Waals surface area contributed by atoms with Gasteiger partial charge in [-0.15, -0.1) is 0 Å². The van der Waals surface area contributed by atoms with Crippen LogP contribution in [-0.4, -0.2) is 64.1 Å². The third-order valence-electron chi connectivity index (χ3n) is 7.08. The number of carbonyl (C=O) groups excluding carboxylic acids is 1. The number of aliphatic hydroxyl groups excluding tert-OH is 1. The number of nitrogens with one attached hydrogen (secondary N) is 1. The summed E-state index contributed by atoms with van der Waals surface area (Å²) in [5, 5.41) is 11.7. The number of fused-ring (bicyclic) bond motifs is 2. The number of hydrogen-bond donors (Lipinski definition) is 2. The maximum absolute atomic E-state index is 13.1. The Morgan fingerprint density at radius 3 is 2.62 bits per heavy atom. The SMILES string of the molecule is O=C(c1c[nH]c2cc(Cl)ccc2c1=O)N1C[C@H]2C[C@@H](N3CCCC3)[C@H](O)C[C@H]2C1. The highest BCUT2D eigenvalue weighted by atomic mass is 35.5. The van der Waals surface area contributed by atoms with E-state index in [0.29, 0.717) is 40.9 Å². The molecule has 1 aromatic carbocycles. The van der Waals surface area contributed by atoms with Crippen LogP contribution in [0, 0.1) is 11.8 Å². The molecule has 2 aromatic rings. The number of H-pyrrole nitrogens is 1. The lowest BCUT2D eigenvalue weighted by molar-refractivity contribution is -0.000864. The molecule has 3 heterocycles. The fourth-order valence-corrected chi connectivity index (χ4v) is 5.73. The second-order valence-corrected chi connectivity index (χ2v) is 9.24. The predicted octanol–water partition coefficient (Wildman–Crippen LogP) is 2.49. The molecule has 1 aliphatic carbocycles. The van der Waals surface area contributed by atoms with Crippen LogP contribution in [0.25, 0.3) is 10.9 Å². The van der Waals surface area contributed by atoms with Gasteiger partial charge in [-0.3, -0.25) is 14.5 Å². The standard InChI is InChI=1S/C22H26ClN3O3/c23-15-3-4-16-18(9-15)24-10-17(21(16)28)22(29)26-11-13-7-19(25-5-1-2-6-25)20(27)8-14(13)12-26/h3-4,9-10,13-14,19-20,27H,1-2,5-8,11-12H2,(H,24,28)/t13-,14+,19-,20-/m1/s1. The average molecular weight is 416 g/mol. The number of aromatic nitrogens is 1. The van der Waals surface area contributed by atoms with Gasteiger partial charge >= 0.3 is 0 Å². The quantitative estimate of drug-likeness (QED) is 0.790. The minimum atomic E-state index is -0.321. The molecule has 0 radical (unpaired) electrons. The number of aromatic amines is 1. The van der Waals surface area contributed by atoms with Gasteiger partial charge in [-0.25, -0.2) is 0 Å². The Hall–Kier alpha value is -1.89. The van der Waals surface area contributed by atoms with Crippen molar-refractivity contribution in [2.75, 3.05) is 26.2 Å². The van der Waals surface area contributed by atoms with E-state index < -0.39 is 0 Å². The summed E-state index contributed by atoms with van der Waals surface area (Å²) in [5.74, 6) is 0.488. The molecule has 2 N–H and O–H groups in total. The molecule has 2 saturated heterocycles. The van der Waals surface area contributed by atoms with E-state index in [-0.39, 0.29) is 29.0 Å². The summed E-state index contributed by atoms with van der Waals surface area (Å²) in [4.78, 5) is 33.3. The first-order valence-corrected chi connectivity index (χ1v) is 10.9. The Bertz CT molecular complexity index is 1000. The number of aliphatic hydroxyl groups is 1. The second-order valence-electron chi connectivity index (χ2n) is 8.80. The molecular weight excluding hydrogens is 390 g/mol. The first-order valence-electron chi connectivity index (χ1n) is 10.5. The maximum Gasteiger partial charge on any atom is 0.259 e. The largest absolute Gasteiger partial charge is 0.391 e. The minimum Gasteiger partial charge on any atom is -0.391 e. The molecule has 1 amide bonds. The minimum absolute atomic E-state index is 0.176. The number of pyridine rings is 1. The molecule has 3 aliphatic rings. The fraction of sp³-hybridized carbons (Fsp3) is 0.545. The van der Waals surface area contributed by atoms with Gasteiger partial charge in [0.25, 0.3) is 5.91 Å². The van der Waals surface area contributed by atoms with E-state index in [9.17, 15) is 14.7 Å². The van der Waals surface area contributed by atoms with Crippen molar-refractivity contribution in [3.05, 3.63) is 45.2 Å². The van der Waals surface area contributed by atoms with Gasteiger partial charge in [0.05, 0.1) is 11.6 Å². The number of halogens is 1. The molecule has 1 aromatic heterocycles. The van der Waals surface area contributed by atoms with Gasteiger partial charge in [-0.2, -0.15) is 0 Å². The molecule has 154 valence electrons. The van der Waals surface area contributed by atoms with Gasteiger partial charge < -0.3 is 15.0 Å². The molecule has 6 nitrogen and oxygen atoms in total. The molecule has 29 heavy (non-hydrogen) atoms. The third-order valence-corrected chi connectivity index (χ3v) is 7.31. The third kappa shape index (κ3) is 3.37. The highest BCUT2D eigenvalue weighted by Gasteiger charge is 2.45. The molecule has 3 fully saturated rings. The van der Waals surface area contributed by atoms with E-state index >= 15 is 0 Å². The second kappa shape index (κ2) is 7.42. The molecule has 0 spiro atoms. The van der Waals surface area contributed by atoms with Crippen molar-refractivity contribution in [3.63, 3.8) is 0 Å². The van der Waals surface area contributed by atoms with E-state index in [2.05, 4.69) is 9.88 Å². The van der Waals surface area contributed by atoms with Crippen LogP contribution in [0.4, 0.5) is 0 Å². The van der Waals surface area contributed by atoms with Crippen LogP contribution in [0.15, 0.2) is 29.2 Å². The Kier molecular flexibility index (Phi) is 4.88. The molecular formula is C22H26ClN3O3. The summed E-state index contributed by atoms with van der Waals surface area (Å²) in [6.07, 6.45) is 5.27. The zero-order chi connectivity index (χ0) is 20.1. The van der Waals surface area contributed by atoms with Crippen LogP contribution in [0.5, 0.6) is 0 Å². The summed E-state index contributed by atoms with van der Waals surface area (Å²) >= 11 is 6.00. The van der Waals surface area contributed by atoms with Crippen LogP contribution in [-0.2, 0) is 0 Å². The molecule has 7 heteroatoms. The zero-order valence-electron chi connectivity index (χ0n) is 16.3. The topological polar surface area (TPSA) is 76.6 Å². The van der Waals surface area contributed by atoms with Gasteiger partial charge in [-0.1, -0.05) is 11.6 Å². The lowest BCUT2D eigenvalue weighted by atomic mass is 9.77. The Balaban J connectivity index is 1.36. The maximum atomic E-state index is 13.1. The van der Waals surface area contributed by atoms with E-state index in [0.717, 1.165) is 25.9 Å². The predicted molar refractivity (Wildman–Crippen MR) is 112 cm³/mol. The number of likely N-dealkylation sites (tertiary alicyclic amines) is 2.